The van der Waals surface area contributed by atoms with Gasteiger partial charge in [-0.25, -0.2) is 4.79 Å². The van der Waals surface area contributed by atoms with Gasteiger partial charge in [-0.3, -0.25) is 0 Å². The van der Waals surface area contributed by atoms with Gasteiger partial charge in [0.05, 0.1) is 0 Å². The summed E-state index contributed by atoms with van der Waals surface area (Å²) in [4.78, 5) is 11.4. The van der Waals surface area contributed by atoms with Crippen molar-refractivity contribution in [2.45, 2.75) is 3.79 Å². The number of benzene rings is 1. The van der Waals surface area contributed by atoms with Crippen LogP contribution in [0.2, 0.25) is 0 Å². The average Bonchev–Trinajstić information content (AvgIpc) is 2.43. The Bertz CT molecular complexity index is 710. The van der Waals surface area contributed by atoms with Gasteiger partial charge in [0.2, 0.25) is 3.79 Å². The van der Waals surface area contributed by atoms with Crippen molar-refractivity contribution in [2.24, 2.45) is 0 Å². The third-order valence-corrected chi connectivity index (χ3v) is 3.12. The SMILES string of the molecule is O=c1cc(C=CC=Cc2ccccc2)cc(C(Cl)(Cl)Cl)o1. The fraction of sp³-hybridized carbons (Fsp3) is 0.0625. The van der Waals surface area contributed by atoms with Crippen molar-refractivity contribution in [2.75, 3.05) is 0 Å². The topological polar surface area (TPSA) is 30.2 Å². The molecule has 1 aromatic carbocycles. The molecule has 2 rings (SSSR count). The van der Waals surface area contributed by atoms with E-state index in [0.717, 1.165) is 5.56 Å². The Hall–Kier alpha value is -1.48. The number of alkyl halides is 3. The predicted octanol–water partition coefficient (Wildman–Crippen LogP) is 5.19. The molecule has 5 heteroatoms. The minimum atomic E-state index is -1.76. The van der Waals surface area contributed by atoms with Gasteiger partial charge in [0.25, 0.3) is 0 Å². The van der Waals surface area contributed by atoms with Gasteiger partial charge in [0.15, 0.2) is 5.76 Å². The molecule has 0 amide bonds. The second-order valence-electron chi connectivity index (χ2n) is 4.20. The minimum Gasteiger partial charge on any atom is -0.423 e. The molecule has 0 unspecified atom stereocenters. The van der Waals surface area contributed by atoms with E-state index in [1.165, 1.54) is 12.1 Å². The molecule has 2 aromatic rings. The van der Waals surface area contributed by atoms with Crippen LogP contribution < -0.4 is 5.63 Å². The highest BCUT2D eigenvalue weighted by Crippen LogP contribution is 2.37. The Balaban J connectivity index is 2.16. The Morgan fingerprint density at radius 1 is 0.905 bits per heavy atom. The summed E-state index contributed by atoms with van der Waals surface area (Å²) in [6, 6.07) is 12.7. The molecule has 0 aliphatic rings. The summed E-state index contributed by atoms with van der Waals surface area (Å²) in [5.74, 6) is -0.00770. The van der Waals surface area contributed by atoms with E-state index in [9.17, 15) is 4.79 Å². The van der Waals surface area contributed by atoms with E-state index >= 15 is 0 Å². The van der Waals surface area contributed by atoms with Crippen LogP contribution in [0.4, 0.5) is 0 Å². The summed E-state index contributed by atoms with van der Waals surface area (Å²) >= 11 is 17.1. The van der Waals surface area contributed by atoms with Crippen LogP contribution in [-0.2, 0) is 3.79 Å². The molecule has 0 saturated heterocycles. The first-order valence-electron chi connectivity index (χ1n) is 6.07. The molecule has 0 aliphatic heterocycles. The highest BCUT2D eigenvalue weighted by atomic mass is 35.6. The van der Waals surface area contributed by atoms with Gasteiger partial charge in [-0.05, 0) is 17.2 Å². The monoisotopic (exact) mass is 340 g/mol. The molecule has 0 saturated carbocycles. The second kappa shape index (κ2) is 6.99. The third-order valence-electron chi connectivity index (χ3n) is 2.56. The molecule has 21 heavy (non-hydrogen) atoms. The van der Waals surface area contributed by atoms with Gasteiger partial charge in [0, 0.05) is 6.07 Å². The third kappa shape index (κ3) is 5.09. The van der Waals surface area contributed by atoms with Crippen LogP contribution in [0, 0.1) is 0 Å². The first-order chi connectivity index (χ1) is 9.95. The molecule has 0 radical (unpaired) electrons. The molecule has 0 spiro atoms. The van der Waals surface area contributed by atoms with Crippen LogP contribution in [0.15, 0.2) is 63.8 Å². The van der Waals surface area contributed by atoms with Gasteiger partial charge in [-0.15, -0.1) is 0 Å². The van der Waals surface area contributed by atoms with Crippen molar-refractivity contribution in [3.05, 3.63) is 81.9 Å². The Morgan fingerprint density at radius 3 is 2.14 bits per heavy atom. The van der Waals surface area contributed by atoms with Crippen LogP contribution in [-0.4, -0.2) is 0 Å². The number of hydrogen-bond donors (Lipinski definition) is 0. The Kier molecular flexibility index (Phi) is 5.29. The largest absolute Gasteiger partial charge is 0.423 e. The van der Waals surface area contributed by atoms with Gasteiger partial charge < -0.3 is 4.42 Å². The molecule has 0 aliphatic carbocycles. The number of rotatable bonds is 3. The second-order valence-corrected chi connectivity index (χ2v) is 6.48. The van der Waals surface area contributed by atoms with E-state index in [4.69, 9.17) is 39.2 Å². The van der Waals surface area contributed by atoms with Crippen molar-refractivity contribution in [3.63, 3.8) is 0 Å². The highest BCUT2D eigenvalue weighted by Gasteiger charge is 2.26. The quantitative estimate of drug-likeness (QED) is 0.568. The predicted molar refractivity (Wildman–Crippen MR) is 88.7 cm³/mol. The summed E-state index contributed by atoms with van der Waals surface area (Å²) in [5, 5.41) is 0. The molecule has 0 atom stereocenters. The molecule has 1 heterocycles. The Morgan fingerprint density at radius 2 is 1.52 bits per heavy atom. The van der Waals surface area contributed by atoms with Crippen molar-refractivity contribution in [3.8, 4) is 0 Å². The molecule has 108 valence electrons. The highest BCUT2D eigenvalue weighted by molar-refractivity contribution is 6.66. The van der Waals surface area contributed by atoms with Gasteiger partial charge in [-0.1, -0.05) is 89.4 Å². The summed E-state index contributed by atoms with van der Waals surface area (Å²) in [7, 11) is 0. The van der Waals surface area contributed by atoms with E-state index < -0.39 is 9.42 Å². The van der Waals surface area contributed by atoms with E-state index in [-0.39, 0.29) is 5.76 Å². The van der Waals surface area contributed by atoms with Gasteiger partial charge >= 0.3 is 5.63 Å². The zero-order valence-electron chi connectivity index (χ0n) is 10.8. The fourth-order valence-corrected chi connectivity index (χ4v) is 1.91. The van der Waals surface area contributed by atoms with Gasteiger partial charge in [0.1, 0.15) is 0 Å². The summed E-state index contributed by atoms with van der Waals surface area (Å²) in [6.07, 6.45) is 7.33. The summed E-state index contributed by atoms with van der Waals surface area (Å²) in [6.45, 7) is 0. The van der Waals surface area contributed by atoms with Crippen LogP contribution in [0.5, 0.6) is 0 Å². The first-order valence-corrected chi connectivity index (χ1v) is 7.21. The minimum absolute atomic E-state index is 0.00770. The summed E-state index contributed by atoms with van der Waals surface area (Å²) < 4.78 is 3.09. The maximum atomic E-state index is 11.4. The molecular formula is C16H11Cl3O2. The van der Waals surface area contributed by atoms with E-state index in [2.05, 4.69) is 0 Å². The number of halogens is 3. The van der Waals surface area contributed by atoms with Crippen LogP contribution in [0.1, 0.15) is 16.9 Å². The fourth-order valence-electron chi connectivity index (χ4n) is 1.63. The maximum absolute atomic E-state index is 11.4. The standard InChI is InChI=1S/C16H11Cl3O2/c17-16(18,19)14-10-13(11-15(20)21-14)9-5-4-8-12-6-2-1-3-7-12/h1-11H. The first kappa shape index (κ1) is 15.9. The normalized spacial score (nSPS) is 12.3. The van der Waals surface area contributed by atoms with Crippen molar-refractivity contribution in [1.82, 2.24) is 0 Å². The zero-order chi connectivity index (χ0) is 15.3. The van der Waals surface area contributed by atoms with Crippen molar-refractivity contribution >= 4 is 47.0 Å². The van der Waals surface area contributed by atoms with Crippen molar-refractivity contribution in [1.29, 1.82) is 0 Å². The van der Waals surface area contributed by atoms with E-state index in [0.29, 0.717) is 5.56 Å². The van der Waals surface area contributed by atoms with Crippen LogP contribution in [0.3, 0.4) is 0 Å². The lowest BCUT2D eigenvalue weighted by Crippen LogP contribution is -2.07. The number of allylic oxidation sites excluding steroid dienone is 2. The molecule has 0 bridgehead atoms. The van der Waals surface area contributed by atoms with Crippen LogP contribution >= 0.6 is 34.8 Å². The zero-order valence-corrected chi connectivity index (χ0v) is 13.1. The molecule has 0 fully saturated rings. The maximum Gasteiger partial charge on any atom is 0.336 e. The lowest BCUT2D eigenvalue weighted by atomic mass is 10.2. The van der Waals surface area contributed by atoms with Gasteiger partial charge in [-0.2, -0.15) is 0 Å². The average molecular weight is 342 g/mol. The molecule has 1 aromatic heterocycles. The van der Waals surface area contributed by atoms with Crippen molar-refractivity contribution < 1.29 is 4.42 Å². The lowest BCUT2D eigenvalue weighted by Gasteiger charge is -2.08. The molecular weight excluding hydrogens is 331 g/mol. The van der Waals surface area contributed by atoms with E-state index in [1.807, 2.05) is 42.5 Å². The number of hydrogen-bond acceptors (Lipinski definition) is 2. The van der Waals surface area contributed by atoms with Crippen LogP contribution in [0.25, 0.3) is 12.2 Å². The summed E-state index contributed by atoms with van der Waals surface area (Å²) in [5.41, 5.74) is 1.12. The lowest BCUT2D eigenvalue weighted by molar-refractivity contribution is 0.465. The smallest absolute Gasteiger partial charge is 0.336 e. The molecule has 2 nitrogen and oxygen atoms in total. The molecule has 0 N–H and O–H groups in total. The van der Waals surface area contributed by atoms with E-state index in [1.54, 1.807) is 12.2 Å². The Labute approximate surface area is 137 Å².